The highest BCUT2D eigenvalue weighted by Gasteiger charge is 2.31. The van der Waals surface area contributed by atoms with Gasteiger partial charge >= 0.3 is 0 Å². The van der Waals surface area contributed by atoms with Crippen LogP contribution in [0.25, 0.3) is 55.6 Å². The van der Waals surface area contributed by atoms with Crippen LogP contribution in [0, 0.1) is 0 Å². The molecule has 45 heavy (non-hydrogen) atoms. The molecule has 2 heterocycles. The molecule has 0 unspecified atom stereocenters. The Morgan fingerprint density at radius 2 is 1.00 bits per heavy atom. The van der Waals surface area contributed by atoms with E-state index in [-0.39, 0.29) is 0 Å². The van der Waals surface area contributed by atoms with Gasteiger partial charge in [0.25, 0.3) is 0 Å². The molecule has 0 spiro atoms. The van der Waals surface area contributed by atoms with Gasteiger partial charge < -0.3 is 14.2 Å². The quantitative estimate of drug-likeness (QED) is 0.210. The van der Waals surface area contributed by atoms with Crippen molar-refractivity contribution in [1.29, 1.82) is 0 Å². The molecule has 8 aromatic rings. The Morgan fingerprint density at radius 3 is 1.67 bits per heavy atom. The Hall–Kier alpha value is -6.13. The molecule has 2 aliphatic rings. The maximum Gasteiger partial charge on any atom is 0.227 e. The van der Waals surface area contributed by atoms with E-state index in [9.17, 15) is 0 Å². The summed E-state index contributed by atoms with van der Waals surface area (Å²) in [7, 11) is 0. The molecule has 0 atom stereocenters. The minimum Gasteiger partial charge on any atom is -0.435 e. The van der Waals surface area contributed by atoms with Gasteiger partial charge in [-0.25, -0.2) is 4.98 Å². The lowest BCUT2D eigenvalue weighted by molar-refractivity contribution is 0.590. The van der Waals surface area contributed by atoms with E-state index in [1.54, 1.807) is 0 Å². The highest BCUT2D eigenvalue weighted by Crippen LogP contribution is 2.55. The Kier molecular flexibility index (Phi) is 4.96. The maximum absolute atomic E-state index is 6.46. The van der Waals surface area contributed by atoms with Gasteiger partial charge in [-0.05, 0) is 76.8 Å². The number of para-hydroxylation sites is 3. The van der Waals surface area contributed by atoms with E-state index < -0.39 is 0 Å². The van der Waals surface area contributed by atoms with Crippen molar-refractivity contribution < 1.29 is 4.42 Å². The molecule has 0 radical (unpaired) electrons. The van der Waals surface area contributed by atoms with Gasteiger partial charge in [-0.15, -0.1) is 0 Å². The second-order valence-corrected chi connectivity index (χ2v) is 11.6. The largest absolute Gasteiger partial charge is 0.435 e. The number of benzene rings is 7. The number of nitrogens with zero attached hydrogens (tertiary/aromatic N) is 3. The van der Waals surface area contributed by atoms with E-state index in [4.69, 9.17) is 9.40 Å². The van der Waals surface area contributed by atoms with Crippen LogP contribution in [0.5, 0.6) is 0 Å². The fourth-order valence-electron chi connectivity index (χ4n) is 7.10. The van der Waals surface area contributed by atoms with E-state index in [0.29, 0.717) is 5.89 Å². The molecule has 0 saturated heterocycles. The maximum atomic E-state index is 6.46. The van der Waals surface area contributed by atoms with Crippen LogP contribution < -0.4 is 9.80 Å². The number of fused-ring (bicyclic) bond motifs is 6. The second kappa shape index (κ2) is 9.18. The topological polar surface area (TPSA) is 32.5 Å². The summed E-state index contributed by atoms with van der Waals surface area (Å²) in [6.07, 6.45) is 0. The summed E-state index contributed by atoms with van der Waals surface area (Å²) in [6, 6.07) is 53.8. The van der Waals surface area contributed by atoms with Crippen LogP contribution in [-0.4, -0.2) is 4.98 Å². The van der Waals surface area contributed by atoms with Gasteiger partial charge in [0.1, 0.15) is 5.69 Å². The Morgan fingerprint density at radius 1 is 0.444 bits per heavy atom. The predicted octanol–water partition coefficient (Wildman–Crippen LogP) is 11.5. The highest BCUT2D eigenvalue weighted by molar-refractivity contribution is 6.13. The first-order valence-corrected chi connectivity index (χ1v) is 15.2. The van der Waals surface area contributed by atoms with Crippen molar-refractivity contribution >= 4 is 55.7 Å². The molecule has 1 aliphatic carbocycles. The van der Waals surface area contributed by atoms with Gasteiger partial charge in [0, 0.05) is 33.5 Å². The third-order valence-corrected chi connectivity index (χ3v) is 9.11. The Balaban J connectivity index is 1.11. The molecular formula is C41H25N3O. The molecule has 7 aromatic carbocycles. The lowest BCUT2D eigenvalue weighted by Gasteiger charge is -2.40. The van der Waals surface area contributed by atoms with E-state index in [0.717, 1.165) is 62.3 Å². The molecule has 4 heteroatoms. The fourth-order valence-corrected chi connectivity index (χ4v) is 7.10. The van der Waals surface area contributed by atoms with Crippen LogP contribution in [-0.2, 0) is 0 Å². The highest BCUT2D eigenvalue weighted by atomic mass is 16.4. The molecule has 10 rings (SSSR count). The second-order valence-electron chi connectivity index (χ2n) is 11.6. The van der Waals surface area contributed by atoms with Crippen LogP contribution in [0.15, 0.2) is 156 Å². The SMILES string of the molecule is c1ccc(N2c3ccccc3N(c3ccc(-c4nc5c(o4)-c4cccc6cccc-5c46)cc3)c3cc4ccccc4cc32)cc1. The van der Waals surface area contributed by atoms with Crippen molar-refractivity contribution in [2.45, 2.75) is 0 Å². The third kappa shape index (κ3) is 3.51. The Labute approximate surface area is 260 Å². The molecule has 0 bridgehead atoms. The average Bonchev–Trinajstić information content (AvgIpc) is 3.67. The van der Waals surface area contributed by atoms with Gasteiger partial charge in [0.15, 0.2) is 5.76 Å². The molecule has 210 valence electrons. The first kappa shape index (κ1) is 24.3. The van der Waals surface area contributed by atoms with Crippen LogP contribution in [0.2, 0.25) is 0 Å². The number of oxazole rings is 1. The minimum atomic E-state index is 0.638. The normalized spacial score (nSPS) is 12.8. The zero-order valence-corrected chi connectivity index (χ0v) is 24.2. The molecule has 4 nitrogen and oxygen atoms in total. The molecule has 0 amide bonds. The van der Waals surface area contributed by atoms with Gasteiger partial charge in [-0.2, -0.15) is 0 Å². The van der Waals surface area contributed by atoms with E-state index >= 15 is 0 Å². The van der Waals surface area contributed by atoms with Crippen molar-refractivity contribution in [3.8, 4) is 34.0 Å². The molecule has 1 aliphatic heterocycles. The van der Waals surface area contributed by atoms with E-state index in [1.807, 2.05) is 0 Å². The number of hydrogen-bond acceptors (Lipinski definition) is 4. The molecular weight excluding hydrogens is 550 g/mol. The predicted molar refractivity (Wildman–Crippen MR) is 184 cm³/mol. The smallest absolute Gasteiger partial charge is 0.227 e. The molecule has 0 fully saturated rings. The number of anilines is 6. The summed E-state index contributed by atoms with van der Waals surface area (Å²) >= 11 is 0. The summed E-state index contributed by atoms with van der Waals surface area (Å²) in [6.45, 7) is 0. The van der Waals surface area contributed by atoms with Crippen LogP contribution in [0.4, 0.5) is 34.1 Å². The summed E-state index contributed by atoms with van der Waals surface area (Å²) in [5.41, 5.74) is 10.9. The van der Waals surface area contributed by atoms with Crippen LogP contribution in [0.3, 0.4) is 0 Å². The van der Waals surface area contributed by atoms with Gasteiger partial charge in [0.2, 0.25) is 5.89 Å². The summed E-state index contributed by atoms with van der Waals surface area (Å²) < 4.78 is 6.46. The summed E-state index contributed by atoms with van der Waals surface area (Å²) in [5.74, 6) is 1.49. The minimum absolute atomic E-state index is 0.638. The van der Waals surface area contributed by atoms with Crippen LogP contribution >= 0.6 is 0 Å². The van der Waals surface area contributed by atoms with Gasteiger partial charge in [0.05, 0.1) is 22.7 Å². The zero-order chi connectivity index (χ0) is 29.5. The van der Waals surface area contributed by atoms with E-state index in [2.05, 4.69) is 161 Å². The van der Waals surface area contributed by atoms with E-state index in [1.165, 1.54) is 21.5 Å². The number of hydrogen-bond donors (Lipinski definition) is 0. The van der Waals surface area contributed by atoms with Crippen molar-refractivity contribution in [3.63, 3.8) is 0 Å². The first-order chi connectivity index (χ1) is 22.3. The molecule has 0 N–H and O–H groups in total. The first-order valence-electron chi connectivity index (χ1n) is 15.2. The van der Waals surface area contributed by atoms with Crippen molar-refractivity contribution in [2.24, 2.45) is 0 Å². The average molecular weight is 576 g/mol. The summed E-state index contributed by atoms with van der Waals surface area (Å²) in [5, 5.41) is 4.85. The Bertz CT molecular complexity index is 2390. The third-order valence-electron chi connectivity index (χ3n) is 9.11. The van der Waals surface area contributed by atoms with Crippen molar-refractivity contribution in [3.05, 3.63) is 152 Å². The monoisotopic (exact) mass is 575 g/mol. The van der Waals surface area contributed by atoms with Gasteiger partial charge in [-0.1, -0.05) is 91.0 Å². The number of rotatable bonds is 3. The summed E-state index contributed by atoms with van der Waals surface area (Å²) in [4.78, 5) is 9.74. The van der Waals surface area contributed by atoms with Crippen LogP contribution in [0.1, 0.15) is 0 Å². The lowest BCUT2D eigenvalue weighted by atomic mass is 10.0. The number of aromatic nitrogens is 1. The zero-order valence-electron chi connectivity index (χ0n) is 24.2. The molecule has 1 aromatic heterocycles. The van der Waals surface area contributed by atoms with Crippen molar-refractivity contribution in [1.82, 2.24) is 4.98 Å². The van der Waals surface area contributed by atoms with Crippen molar-refractivity contribution in [2.75, 3.05) is 9.80 Å². The molecule has 0 saturated carbocycles. The standard InChI is InChI=1S/C41H25N3O/c1-2-14-30(15-3-1)43-34-18-6-7-19-35(34)44(37-25-29-11-5-4-10-28(29)24-36(37)43)31-22-20-27(21-23-31)41-42-39-32-16-8-12-26-13-9-17-33(38(26)32)40(39)45-41/h1-25H. The fraction of sp³-hybridized carbons (Fsp3) is 0. The van der Waals surface area contributed by atoms with Gasteiger partial charge in [-0.3, -0.25) is 0 Å². The lowest BCUT2D eigenvalue weighted by Crippen LogP contribution is -2.24.